The molecular formula is C15H14ClN3S. The van der Waals surface area contributed by atoms with Gasteiger partial charge in [0.05, 0.1) is 5.39 Å². The summed E-state index contributed by atoms with van der Waals surface area (Å²) in [7, 11) is 2.00. The normalized spacial score (nSPS) is 11.0. The van der Waals surface area contributed by atoms with Gasteiger partial charge >= 0.3 is 0 Å². The Morgan fingerprint density at radius 3 is 2.50 bits per heavy atom. The second-order valence-corrected chi connectivity index (χ2v) is 6.09. The molecule has 0 amide bonds. The van der Waals surface area contributed by atoms with E-state index in [0.717, 1.165) is 21.7 Å². The van der Waals surface area contributed by atoms with Crippen LogP contribution < -0.4 is 4.90 Å². The molecule has 0 saturated carbocycles. The Morgan fingerprint density at radius 1 is 1.10 bits per heavy atom. The lowest BCUT2D eigenvalue weighted by molar-refractivity contribution is 1.11. The van der Waals surface area contributed by atoms with Gasteiger partial charge in [-0.2, -0.15) is 4.98 Å². The number of halogens is 1. The third-order valence-electron chi connectivity index (χ3n) is 3.19. The molecule has 0 saturated heterocycles. The van der Waals surface area contributed by atoms with E-state index >= 15 is 0 Å². The van der Waals surface area contributed by atoms with E-state index in [0.29, 0.717) is 0 Å². The summed E-state index contributed by atoms with van der Waals surface area (Å²) >= 11 is 7.60. The molecule has 20 heavy (non-hydrogen) atoms. The van der Waals surface area contributed by atoms with Crippen molar-refractivity contribution in [1.29, 1.82) is 0 Å². The van der Waals surface area contributed by atoms with Crippen molar-refractivity contribution < 1.29 is 0 Å². The summed E-state index contributed by atoms with van der Waals surface area (Å²) in [4.78, 5) is 11.6. The summed E-state index contributed by atoms with van der Waals surface area (Å²) in [6.45, 7) is 4.19. The van der Waals surface area contributed by atoms with Crippen LogP contribution in [0.1, 0.15) is 11.1 Å². The van der Waals surface area contributed by atoms with Crippen LogP contribution in [0.3, 0.4) is 0 Å². The van der Waals surface area contributed by atoms with Gasteiger partial charge in [-0.15, -0.1) is 11.3 Å². The molecule has 0 N–H and O–H groups in total. The quantitative estimate of drug-likeness (QED) is 0.641. The van der Waals surface area contributed by atoms with Crippen molar-refractivity contribution in [3.05, 3.63) is 46.1 Å². The average Bonchev–Trinajstić information content (AvgIpc) is 2.83. The molecule has 0 aliphatic rings. The van der Waals surface area contributed by atoms with E-state index in [9.17, 15) is 0 Å². The van der Waals surface area contributed by atoms with Crippen LogP contribution in [-0.2, 0) is 0 Å². The van der Waals surface area contributed by atoms with Crippen LogP contribution in [0, 0.1) is 13.8 Å². The summed E-state index contributed by atoms with van der Waals surface area (Å²) < 4.78 is 0. The lowest BCUT2D eigenvalue weighted by atomic mass is 10.1. The minimum atomic E-state index is 0.283. The zero-order chi connectivity index (χ0) is 14.3. The number of fused-ring (bicyclic) bond motifs is 1. The van der Waals surface area contributed by atoms with Crippen LogP contribution in [0.4, 0.5) is 11.5 Å². The monoisotopic (exact) mass is 303 g/mol. The SMILES string of the molecule is Cc1cc(C)cc(N(C)c2nc(Cl)nc3sccc23)c1. The molecule has 0 aliphatic heterocycles. The topological polar surface area (TPSA) is 29.0 Å². The third-order valence-corrected chi connectivity index (χ3v) is 4.16. The van der Waals surface area contributed by atoms with Crippen molar-refractivity contribution in [3.8, 4) is 0 Å². The number of aromatic nitrogens is 2. The molecule has 0 radical (unpaired) electrons. The first-order valence-electron chi connectivity index (χ1n) is 6.27. The fourth-order valence-electron chi connectivity index (χ4n) is 2.34. The second kappa shape index (κ2) is 5.04. The molecule has 102 valence electrons. The number of anilines is 2. The van der Waals surface area contributed by atoms with Gasteiger partial charge in [0.15, 0.2) is 0 Å². The molecule has 3 nitrogen and oxygen atoms in total. The fourth-order valence-corrected chi connectivity index (χ4v) is 3.31. The van der Waals surface area contributed by atoms with Crippen LogP contribution in [0.5, 0.6) is 0 Å². The van der Waals surface area contributed by atoms with Crippen molar-refractivity contribution in [3.63, 3.8) is 0 Å². The molecular weight excluding hydrogens is 290 g/mol. The first-order valence-corrected chi connectivity index (χ1v) is 7.53. The van der Waals surface area contributed by atoms with E-state index in [2.05, 4.69) is 46.9 Å². The van der Waals surface area contributed by atoms with Crippen LogP contribution >= 0.6 is 22.9 Å². The minimum Gasteiger partial charge on any atom is -0.329 e. The van der Waals surface area contributed by atoms with Gasteiger partial charge in [-0.1, -0.05) is 6.07 Å². The molecule has 1 aromatic carbocycles. The molecule has 2 aromatic heterocycles. The predicted molar refractivity (Wildman–Crippen MR) is 86.4 cm³/mol. The Morgan fingerprint density at radius 2 is 1.80 bits per heavy atom. The van der Waals surface area contributed by atoms with Crippen molar-refractivity contribution in [1.82, 2.24) is 9.97 Å². The molecule has 3 rings (SSSR count). The van der Waals surface area contributed by atoms with Gasteiger partial charge in [-0.25, -0.2) is 4.98 Å². The largest absolute Gasteiger partial charge is 0.329 e. The first kappa shape index (κ1) is 13.3. The molecule has 2 heterocycles. The highest BCUT2D eigenvalue weighted by atomic mass is 35.5. The van der Waals surface area contributed by atoms with Crippen molar-refractivity contribution in [2.45, 2.75) is 13.8 Å². The summed E-state index contributed by atoms with van der Waals surface area (Å²) in [5.41, 5.74) is 3.56. The first-order chi connectivity index (χ1) is 9.54. The van der Waals surface area contributed by atoms with E-state index in [4.69, 9.17) is 11.6 Å². The van der Waals surface area contributed by atoms with Crippen molar-refractivity contribution in [2.75, 3.05) is 11.9 Å². The van der Waals surface area contributed by atoms with E-state index in [1.54, 1.807) is 11.3 Å². The number of nitrogens with zero attached hydrogens (tertiary/aromatic N) is 3. The summed E-state index contributed by atoms with van der Waals surface area (Å²) in [6, 6.07) is 8.47. The van der Waals surface area contributed by atoms with Gasteiger partial charge < -0.3 is 4.90 Å². The molecule has 0 fully saturated rings. The van der Waals surface area contributed by atoms with Crippen LogP contribution in [0.2, 0.25) is 5.28 Å². The maximum absolute atomic E-state index is 6.03. The number of aryl methyl sites for hydroxylation is 2. The van der Waals surface area contributed by atoms with Crippen molar-refractivity contribution in [2.24, 2.45) is 0 Å². The van der Waals surface area contributed by atoms with Gasteiger partial charge in [0.25, 0.3) is 0 Å². The highest BCUT2D eigenvalue weighted by Crippen LogP contribution is 2.32. The molecule has 0 spiro atoms. The Bertz CT molecular complexity index is 762. The van der Waals surface area contributed by atoms with Gasteiger partial charge in [0.2, 0.25) is 5.28 Å². The molecule has 3 aromatic rings. The Kier molecular flexibility index (Phi) is 3.36. The maximum Gasteiger partial charge on any atom is 0.225 e. The number of hydrogen-bond acceptors (Lipinski definition) is 4. The molecule has 0 aliphatic carbocycles. The van der Waals surface area contributed by atoms with Crippen LogP contribution in [0.15, 0.2) is 29.6 Å². The number of benzene rings is 1. The third kappa shape index (κ3) is 2.37. The van der Waals surface area contributed by atoms with Crippen LogP contribution in [-0.4, -0.2) is 17.0 Å². The lowest BCUT2D eigenvalue weighted by Crippen LogP contribution is -2.12. The molecule has 0 unspecified atom stereocenters. The highest BCUT2D eigenvalue weighted by Gasteiger charge is 2.13. The molecule has 0 atom stereocenters. The van der Waals surface area contributed by atoms with Crippen LogP contribution in [0.25, 0.3) is 10.2 Å². The van der Waals surface area contributed by atoms with Crippen molar-refractivity contribution >= 4 is 44.7 Å². The summed E-state index contributed by atoms with van der Waals surface area (Å²) in [5, 5.41) is 3.32. The second-order valence-electron chi connectivity index (χ2n) is 4.86. The predicted octanol–water partition coefficient (Wildman–Crippen LogP) is 4.73. The van der Waals surface area contributed by atoms with Gasteiger partial charge in [0, 0.05) is 12.7 Å². The van der Waals surface area contributed by atoms with Gasteiger partial charge in [-0.3, -0.25) is 0 Å². The maximum atomic E-state index is 6.03. The standard InChI is InChI=1S/C15H14ClN3S/c1-9-6-10(2)8-11(7-9)19(3)13-12-4-5-20-14(12)18-15(16)17-13/h4-8H,1-3H3. The highest BCUT2D eigenvalue weighted by molar-refractivity contribution is 7.16. The molecule has 0 bridgehead atoms. The smallest absolute Gasteiger partial charge is 0.225 e. The zero-order valence-corrected chi connectivity index (χ0v) is 13.1. The van der Waals surface area contributed by atoms with E-state index in [1.165, 1.54) is 11.1 Å². The van der Waals surface area contributed by atoms with E-state index in [-0.39, 0.29) is 5.28 Å². The molecule has 5 heteroatoms. The Hall–Kier alpha value is -1.65. The van der Waals surface area contributed by atoms with Gasteiger partial charge in [-0.05, 0) is 60.2 Å². The van der Waals surface area contributed by atoms with Gasteiger partial charge in [0.1, 0.15) is 10.6 Å². The van der Waals surface area contributed by atoms with E-state index in [1.807, 2.05) is 18.5 Å². The zero-order valence-electron chi connectivity index (χ0n) is 11.5. The number of thiophene rings is 1. The van der Waals surface area contributed by atoms with E-state index < -0.39 is 0 Å². The Balaban J connectivity index is 2.16. The Labute approximate surface area is 126 Å². The average molecular weight is 304 g/mol. The summed E-state index contributed by atoms with van der Waals surface area (Å²) in [6.07, 6.45) is 0. The lowest BCUT2D eigenvalue weighted by Gasteiger charge is -2.20. The fraction of sp³-hybridized carbons (Fsp3) is 0.200. The minimum absolute atomic E-state index is 0.283. The summed E-state index contributed by atoms with van der Waals surface area (Å²) in [5.74, 6) is 0.839. The number of hydrogen-bond donors (Lipinski definition) is 0. The number of rotatable bonds is 2.